The van der Waals surface area contributed by atoms with Crippen molar-refractivity contribution in [3.8, 4) is 0 Å². The number of carbonyl (C=O) groups excluding carboxylic acids is 2. The fourth-order valence-electron chi connectivity index (χ4n) is 6.25. The van der Waals surface area contributed by atoms with E-state index < -0.39 is 104 Å². The lowest BCUT2D eigenvalue weighted by Gasteiger charge is -2.34. The summed E-state index contributed by atoms with van der Waals surface area (Å²) in [5.41, 5.74) is 4.82. The zero-order valence-electron chi connectivity index (χ0n) is 31.3. The Morgan fingerprint density at radius 1 is 0.842 bits per heavy atom. The molecular weight excluding hydrogens is 801 g/mol. The summed E-state index contributed by atoms with van der Waals surface area (Å²) in [5.74, 6) is -2.47. The highest BCUT2D eigenvalue weighted by atomic mass is 32.2. The standard InChI is InChI=1S/C39H43F6N3O7S2/c1-37(2,3)19-20-47(57(53,54)27-16-15-26(22-49)28(21-27)38(40,41)42)29(23-50)30-17-18-31(56-30)34(39(43,44)45)48(36(52)55-4)35(51)33(46)32(24-11-7-5-8-12-24)25-13-9-6-10-14-25/h5-18,21,29,32-34,49-50H,19-20,22-23,46H2,1-4H3/t29-,33+,34-/m1/s1. The zero-order chi connectivity index (χ0) is 42.5. The normalized spacial score (nSPS) is 14.4. The summed E-state index contributed by atoms with van der Waals surface area (Å²) in [4.78, 5) is 25.6. The summed E-state index contributed by atoms with van der Waals surface area (Å²) in [5, 5.41) is 20.1. The van der Waals surface area contributed by atoms with Crippen molar-refractivity contribution < 1.29 is 59.3 Å². The lowest BCUT2D eigenvalue weighted by Crippen LogP contribution is -2.53. The average Bonchev–Trinajstić information content (AvgIpc) is 3.63. The summed E-state index contributed by atoms with van der Waals surface area (Å²) in [6.45, 7) is 2.80. The van der Waals surface area contributed by atoms with Crippen molar-refractivity contribution >= 4 is 33.4 Å². The molecule has 0 saturated heterocycles. The number of methoxy groups -OCH3 is 1. The van der Waals surface area contributed by atoms with Gasteiger partial charge in [-0.05, 0) is 52.8 Å². The Labute approximate surface area is 330 Å². The van der Waals surface area contributed by atoms with Gasteiger partial charge < -0.3 is 20.7 Å². The molecule has 0 aliphatic carbocycles. The van der Waals surface area contributed by atoms with Crippen LogP contribution in [0.3, 0.4) is 0 Å². The molecule has 3 aromatic carbocycles. The van der Waals surface area contributed by atoms with Gasteiger partial charge in [0.1, 0.15) is 0 Å². The molecule has 0 fully saturated rings. The number of alkyl halides is 6. The van der Waals surface area contributed by atoms with Crippen molar-refractivity contribution in [1.29, 1.82) is 0 Å². The molecule has 3 atom stereocenters. The van der Waals surface area contributed by atoms with E-state index in [1.807, 2.05) is 0 Å². The van der Waals surface area contributed by atoms with Gasteiger partial charge in [0, 0.05) is 22.2 Å². The van der Waals surface area contributed by atoms with E-state index in [0.717, 1.165) is 31.4 Å². The number of nitrogens with two attached hydrogens (primary N) is 1. The van der Waals surface area contributed by atoms with Gasteiger partial charge in [-0.1, -0.05) is 87.5 Å². The molecule has 0 unspecified atom stereocenters. The first-order valence-corrected chi connectivity index (χ1v) is 19.7. The number of nitrogens with zero attached hydrogens (tertiary/aromatic N) is 2. The number of amides is 2. The van der Waals surface area contributed by atoms with Crippen LogP contribution in [0.25, 0.3) is 0 Å². The van der Waals surface area contributed by atoms with E-state index in [0.29, 0.717) is 32.8 Å². The van der Waals surface area contributed by atoms with E-state index in [-0.39, 0.29) is 16.2 Å². The molecule has 0 spiro atoms. The summed E-state index contributed by atoms with van der Waals surface area (Å²) in [7, 11) is -4.15. The molecule has 4 N–H and O–H groups in total. The minimum Gasteiger partial charge on any atom is -0.452 e. The first-order chi connectivity index (χ1) is 26.6. The van der Waals surface area contributed by atoms with Crippen molar-refractivity contribution in [3.63, 3.8) is 0 Å². The van der Waals surface area contributed by atoms with Crippen LogP contribution in [0.15, 0.2) is 95.9 Å². The SMILES string of the molecule is COC(=O)N(C(=O)[C@@H](N)C(c1ccccc1)c1ccccc1)[C@H](c1ccc([C@@H](CO)N(CCC(C)(C)C)S(=O)(=O)c2ccc(CO)c(C(F)(F)F)c2)s1)C(F)(F)F. The lowest BCUT2D eigenvalue weighted by molar-refractivity contribution is -0.186. The maximum absolute atomic E-state index is 15.2. The summed E-state index contributed by atoms with van der Waals surface area (Å²) < 4.78 is 121. The first kappa shape index (κ1) is 45.4. The van der Waals surface area contributed by atoms with Gasteiger partial charge in [-0.25, -0.2) is 18.1 Å². The molecule has 57 heavy (non-hydrogen) atoms. The number of sulfonamides is 1. The Kier molecular flexibility index (Phi) is 14.4. The number of rotatable bonds is 14. The number of halogens is 6. The van der Waals surface area contributed by atoms with Crippen molar-refractivity contribution in [3.05, 3.63) is 123 Å². The monoisotopic (exact) mass is 843 g/mol. The van der Waals surface area contributed by atoms with E-state index in [1.54, 1.807) is 81.4 Å². The van der Waals surface area contributed by atoms with Gasteiger partial charge in [0.2, 0.25) is 10.0 Å². The van der Waals surface area contributed by atoms with Crippen LogP contribution in [0, 0.1) is 5.41 Å². The Balaban J connectivity index is 1.84. The van der Waals surface area contributed by atoms with Crippen molar-refractivity contribution in [2.45, 2.75) is 75.1 Å². The number of imide groups is 1. The number of benzene rings is 3. The smallest absolute Gasteiger partial charge is 0.417 e. The van der Waals surface area contributed by atoms with Gasteiger partial charge >= 0.3 is 18.4 Å². The molecule has 2 amide bonds. The highest BCUT2D eigenvalue weighted by Gasteiger charge is 2.52. The number of aliphatic hydroxyl groups excluding tert-OH is 2. The predicted molar refractivity (Wildman–Crippen MR) is 200 cm³/mol. The Bertz CT molecular complexity index is 2050. The van der Waals surface area contributed by atoms with Crippen LogP contribution in [0.4, 0.5) is 31.1 Å². The third-order valence-electron chi connectivity index (χ3n) is 9.15. The second-order valence-corrected chi connectivity index (χ2v) is 17.3. The molecule has 18 heteroatoms. The van der Waals surface area contributed by atoms with Crippen LogP contribution in [0.2, 0.25) is 0 Å². The van der Waals surface area contributed by atoms with Crippen molar-refractivity contribution in [2.75, 3.05) is 20.3 Å². The van der Waals surface area contributed by atoms with E-state index in [1.165, 1.54) is 0 Å². The fraction of sp³-hybridized carbons (Fsp3) is 0.385. The molecular formula is C39H43F6N3O7S2. The van der Waals surface area contributed by atoms with Gasteiger partial charge in [-0.2, -0.15) is 30.6 Å². The van der Waals surface area contributed by atoms with Crippen LogP contribution in [-0.4, -0.2) is 72.3 Å². The molecule has 310 valence electrons. The Morgan fingerprint density at radius 3 is 1.84 bits per heavy atom. The van der Waals surface area contributed by atoms with Gasteiger partial charge in [-0.3, -0.25) is 4.79 Å². The number of thiophene rings is 1. The van der Waals surface area contributed by atoms with Gasteiger partial charge in [0.25, 0.3) is 5.91 Å². The third kappa shape index (κ3) is 10.6. The molecule has 0 saturated carbocycles. The van der Waals surface area contributed by atoms with Crippen LogP contribution in [0.5, 0.6) is 0 Å². The van der Waals surface area contributed by atoms with Crippen LogP contribution >= 0.6 is 11.3 Å². The van der Waals surface area contributed by atoms with Crippen LogP contribution in [-0.2, 0) is 32.3 Å². The molecule has 4 rings (SSSR count). The highest BCUT2D eigenvalue weighted by Crippen LogP contribution is 2.45. The lowest BCUT2D eigenvalue weighted by atomic mass is 9.84. The fourth-order valence-corrected chi connectivity index (χ4v) is 9.17. The van der Waals surface area contributed by atoms with E-state index in [9.17, 15) is 41.4 Å². The summed E-state index contributed by atoms with van der Waals surface area (Å²) in [6, 6.07) is 14.0. The summed E-state index contributed by atoms with van der Waals surface area (Å²) in [6.07, 6.45) is -12.0. The number of aliphatic hydroxyl groups is 2. The van der Waals surface area contributed by atoms with Gasteiger partial charge in [-0.15, -0.1) is 11.3 Å². The number of ether oxygens (including phenoxy) is 1. The van der Waals surface area contributed by atoms with E-state index in [4.69, 9.17) is 5.73 Å². The molecule has 1 aromatic heterocycles. The minimum atomic E-state index is -5.35. The topological polar surface area (TPSA) is 150 Å². The summed E-state index contributed by atoms with van der Waals surface area (Å²) >= 11 is 0.332. The Morgan fingerprint density at radius 2 is 1.39 bits per heavy atom. The predicted octanol–water partition coefficient (Wildman–Crippen LogP) is 7.78. The highest BCUT2D eigenvalue weighted by molar-refractivity contribution is 7.89. The molecule has 0 aliphatic heterocycles. The quantitative estimate of drug-likeness (QED) is 0.109. The van der Waals surface area contributed by atoms with Crippen LogP contribution < -0.4 is 5.73 Å². The molecule has 0 radical (unpaired) electrons. The average molecular weight is 844 g/mol. The van der Waals surface area contributed by atoms with Crippen LogP contribution in [0.1, 0.15) is 77.2 Å². The number of hydrogen-bond acceptors (Lipinski definition) is 9. The molecule has 4 aromatic rings. The Hall–Kier alpha value is -4.33. The minimum absolute atomic E-state index is 0.0967. The first-order valence-electron chi connectivity index (χ1n) is 17.4. The largest absolute Gasteiger partial charge is 0.452 e. The third-order valence-corrected chi connectivity index (χ3v) is 12.3. The number of hydrogen-bond donors (Lipinski definition) is 3. The maximum Gasteiger partial charge on any atom is 0.417 e. The van der Waals surface area contributed by atoms with E-state index >= 15 is 13.2 Å². The molecule has 0 bridgehead atoms. The molecule has 0 aliphatic rings. The molecule has 1 heterocycles. The van der Waals surface area contributed by atoms with Gasteiger partial charge in [0.15, 0.2) is 6.04 Å². The second kappa shape index (κ2) is 18.1. The van der Waals surface area contributed by atoms with Crippen molar-refractivity contribution in [1.82, 2.24) is 9.21 Å². The van der Waals surface area contributed by atoms with E-state index in [2.05, 4.69) is 4.74 Å². The number of carbonyl (C=O) groups is 2. The maximum atomic E-state index is 15.2. The van der Waals surface area contributed by atoms with Gasteiger partial charge in [0.05, 0.1) is 42.9 Å². The van der Waals surface area contributed by atoms with Crippen molar-refractivity contribution in [2.24, 2.45) is 11.1 Å². The zero-order valence-corrected chi connectivity index (χ0v) is 32.9. The second-order valence-electron chi connectivity index (χ2n) is 14.3. The molecule has 10 nitrogen and oxygen atoms in total.